The first-order chi connectivity index (χ1) is 9.40. The van der Waals surface area contributed by atoms with E-state index in [1.54, 1.807) is 0 Å². The Labute approximate surface area is 123 Å². The fraction of sp³-hybridized carbons (Fsp3) is 0.333. The number of rotatable bonds is 4. The van der Waals surface area contributed by atoms with Gasteiger partial charge in [0, 0.05) is 17.1 Å². The summed E-state index contributed by atoms with van der Waals surface area (Å²) < 4.78 is 1.82. The van der Waals surface area contributed by atoms with Crippen molar-refractivity contribution in [3.05, 3.63) is 45.7 Å². The van der Waals surface area contributed by atoms with E-state index in [9.17, 15) is 4.79 Å². The smallest absolute Gasteiger partial charge is 0.303 e. The van der Waals surface area contributed by atoms with E-state index in [0.29, 0.717) is 11.4 Å². The second-order valence-corrected chi connectivity index (χ2v) is 5.30. The van der Waals surface area contributed by atoms with Gasteiger partial charge in [0.25, 0.3) is 0 Å². The zero-order valence-corrected chi connectivity index (χ0v) is 12.5. The minimum Gasteiger partial charge on any atom is -0.481 e. The molecule has 0 saturated carbocycles. The molecule has 0 fully saturated rings. The first-order valence-corrected chi connectivity index (χ1v) is 6.81. The van der Waals surface area contributed by atoms with E-state index in [1.807, 2.05) is 43.7 Å². The summed E-state index contributed by atoms with van der Waals surface area (Å²) in [7, 11) is 0. The Balaban J connectivity index is 2.40. The van der Waals surface area contributed by atoms with Gasteiger partial charge in [-0.15, -0.1) is 0 Å². The van der Waals surface area contributed by atoms with Gasteiger partial charge in [-0.3, -0.25) is 4.79 Å². The van der Waals surface area contributed by atoms with Gasteiger partial charge in [-0.25, -0.2) is 4.68 Å². The third-order valence-electron chi connectivity index (χ3n) is 3.43. The Kier molecular flexibility index (Phi) is 4.14. The molecule has 5 heteroatoms. The van der Waals surface area contributed by atoms with Gasteiger partial charge in [0.1, 0.15) is 0 Å². The summed E-state index contributed by atoms with van der Waals surface area (Å²) >= 11 is 6.15. The maximum absolute atomic E-state index is 10.7. The minimum absolute atomic E-state index is 0.113. The number of aromatic nitrogens is 2. The van der Waals surface area contributed by atoms with Crippen molar-refractivity contribution in [1.29, 1.82) is 0 Å². The topological polar surface area (TPSA) is 55.1 Å². The zero-order valence-electron chi connectivity index (χ0n) is 11.8. The summed E-state index contributed by atoms with van der Waals surface area (Å²) in [6.07, 6.45) is 0.606. The molecule has 0 radical (unpaired) electrons. The second-order valence-electron chi connectivity index (χ2n) is 4.89. The summed E-state index contributed by atoms with van der Waals surface area (Å²) in [5, 5.41) is 14.0. The SMILES string of the molecule is Cc1ccc(-n2nc(C)c(CCC(=O)O)c2C)cc1Cl. The molecule has 0 bridgehead atoms. The quantitative estimate of drug-likeness (QED) is 0.939. The van der Waals surface area contributed by atoms with Gasteiger partial charge in [-0.05, 0) is 50.5 Å². The molecule has 0 spiro atoms. The maximum Gasteiger partial charge on any atom is 0.303 e. The monoisotopic (exact) mass is 292 g/mol. The molecule has 2 aromatic rings. The van der Waals surface area contributed by atoms with Crippen molar-refractivity contribution in [2.24, 2.45) is 0 Å². The highest BCUT2D eigenvalue weighted by Crippen LogP contribution is 2.23. The standard InChI is InChI=1S/C15H17ClN2O2/c1-9-4-5-12(8-14(9)16)18-11(3)13(10(2)17-18)6-7-15(19)20/h4-5,8H,6-7H2,1-3H3,(H,19,20). The number of hydrogen-bond donors (Lipinski definition) is 1. The molecule has 0 aliphatic rings. The summed E-state index contributed by atoms with van der Waals surface area (Å²) in [5.41, 5.74) is 4.72. The van der Waals surface area contributed by atoms with Crippen LogP contribution in [0.15, 0.2) is 18.2 Å². The molecule has 0 saturated heterocycles. The van der Waals surface area contributed by atoms with E-state index in [2.05, 4.69) is 5.10 Å². The molecule has 20 heavy (non-hydrogen) atoms. The van der Waals surface area contributed by atoms with Crippen LogP contribution in [0.1, 0.15) is 28.9 Å². The van der Waals surface area contributed by atoms with Gasteiger partial charge in [-0.1, -0.05) is 17.7 Å². The predicted molar refractivity (Wildman–Crippen MR) is 78.7 cm³/mol. The van der Waals surface area contributed by atoms with Crippen molar-refractivity contribution >= 4 is 17.6 Å². The first-order valence-electron chi connectivity index (χ1n) is 6.43. The van der Waals surface area contributed by atoms with Crippen molar-refractivity contribution in [1.82, 2.24) is 9.78 Å². The lowest BCUT2D eigenvalue weighted by Gasteiger charge is -2.07. The molecule has 1 heterocycles. The lowest BCUT2D eigenvalue weighted by molar-refractivity contribution is -0.136. The Morgan fingerprint density at radius 1 is 1.35 bits per heavy atom. The highest BCUT2D eigenvalue weighted by molar-refractivity contribution is 6.31. The van der Waals surface area contributed by atoms with Gasteiger partial charge in [0.2, 0.25) is 0 Å². The van der Waals surface area contributed by atoms with Gasteiger partial charge >= 0.3 is 5.97 Å². The largest absolute Gasteiger partial charge is 0.481 e. The lowest BCUT2D eigenvalue weighted by Crippen LogP contribution is -2.01. The van der Waals surface area contributed by atoms with Crippen molar-refractivity contribution in [3.63, 3.8) is 0 Å². The van der Waals surface area contributed by atoms with E-state index in [1.165, 1.54) is 0 Å². The van der Waals surface area contributed by atoms with E-state index in [-0.39, 0.29) is 6.42 Å². The first kappa shape index (κ1) is 14.6. The van der Waals surface area contributed by atoms with E-state index < -0.39 is 5.97 Å². The highest BCUT2D eigenvalue weighted by atomic mass is 35.5. The second kappa shape index (κ2) is 5.67. The van der Waals surface area contributed by atoms with Crippen molar-refractivity contribution < 1.29 is 9.90 Å². The summed E-state index contributed by atoms with van der Waals surface area (Å²) in [4.78, 5) is 10.7. The molecule has 1 N–H and O–H groups in total. The molecular weight excluding hydrogens is 276 g/mol. The number of nitrogens with zero attached hydrogens (tertiary/aromatic N) is 2. The number of carboxylic acids is 1. The summed E-state index contributed by atoms with van der Waals surface area (Å²) in [6.45, 7) is 5.80. The lowest BCUT2D eigenvalue weighted by atomic mass is 10.1. The fourth-order valence-electron chi connectivity index (χ4n) is 2.23. The molecule has 1 aromatic carbocycles. The van der Waals surface area contributed by atoms with Crippen LogP contribution in [0.4, 0.5) is 0 Å². The average Bonchev–Trinajstić information content (AvgIpc) is 2.66. The molecule has 0 unspecified atom stereocenters. The molecule has 0 atom stereocenters. The van der Waals surface area contributed by atoms with Crippen molar-refractivity contribution in [2.45, 2.75) is 33.6 Å². The van der Waals surface area contributed by atoms with Gasteiger partial charge < -0.3 is 5.11 Å². The number of aryl methyl sites for hydroxylation is 2. The number of aliphatic carboxylic acids is 1. The molecule has 4 nitrogen and oxygen atoms in total. The summed E-state index contributed by atoms with van der Waals surface area (Å²) in [5.74, 6) is -0.796. The Morgan fingerprint density at radius 2 is 2.05 bits per heavy atom. The highest BCUT2D eigenvalue weighted by Gasteiger charge is 2.14. The number of benzene rings is 1. The Morgan fingerprint density at radius 3 is 2.65 bits per heavy atom. The van der Waals surface area contributed by atoms with E-state index in [0.717, 1.165) is 28.2 Å². The number of carbonyl (C=O) groups is 1. The Hall–Kier alpha value is -1.81. The predicted octanol–water partition coefficient (Wildman–Crippen LogP) is 3.47. The van der Waals surface area contributed by atoms with Crippen LogP contribution < -0.4 is 0 Å². The minimum atomic E-state index is -0.796. The van der Waals surface area contributed by atoms with Crippen LogP contribution in [0, 0.1) is 20.8 Å². The van der Waals surface area contributed by atoms with E-state index >= 15 is 0 Å². The molecule has 1 aromatic heterocycles. The van der Waals surface area contributed by atoms with Gasteiger partial charge in [0.15, 0.2) is 0 Å². The Bertz CT molecular complexity index is 662. The van der Waals surface area contributed by atoms with Gasteiger partial charge in [0.05, 0.1) is 11.4 Å². The van der Waals surface area contributed by atoms with Crippen LogP contribution >= 0.6 is 11.6 Å². The molecular formula is C15H17ClN2O2. The zero-order chi connectivity index (χ0) is 14.9. The third-order valence-corrected chi connectivity index (χ3v) is 3.84. The molecule has 0 aliphatic heterocycles. The molecule has 106 valence electrons. The van der Waals surface area contributed by atoms with Crippen molar-refractivity contribution in [3.8, 4) is 5.69 Å². The van der Waals surface area contributed by atoms with Crippen LogP contribution in [0.3, 0.4) is 0 Å². The third kappa shape index (κ3) is 2.85. The number of halogens is 1. The van der Waals surface area contributed by atoms with Crippen LogP contribution in [0.5, 0.6) is 0 Å². The van der Waals surface area contributed by atoms with Crippen LogP contribution in [-0.4, -0.2) is 20.9 Å². The number of hydrogen-bond acceptors (Lipinski definition) is 2. The number of carboxylic acid groups (broad SMARTS) is 1. The normalized spacial score (nSPS) is 10.8. The van der Waals surface area contributed by atoms with Crippen LogP contribution in [0.25, 0.3) is 5.69 Å². The molecule has 0 aliphatic carbocycles. The fourth-order valence-corrected chi connectivity index (χ4v) is 2.41. The van der Waals surface area contributed by atoms with Crippen LogP contribution in [-0.2, 0) is 11.2 Å². The molecule has 2 rings (SSSR count). The van der Waals surface area contributed by atoms with Crippen LogP contribution in [0.2, 0.25) is 5.02 Å². The van der Waals surface area contributed by atoms with Crippen molar-refractivity contribution in [2.75, 3.05) is 0 Å². The molecule has 0 amide bonds. The van der Waals surface area contributed by atoms with Gasteiger partial charge in [-0.2, -0.15) is 5.10 Å². The van der Waals surface area contributed by atoms with E-state index in [4.69, 9.17) is 16.7 Å². The maximum atomic E-state index is 10.7. The average molecular weight is 293 g/mol. The summed E-state index contributed by atoms with van der Waals surface area (Å²) in [6, 6.07) is 5.78.